The number of hydrogen-bond donors (Lipinski definition) is 0. The van der Waals surface area contributed by atoms with Crippen LogP contribution in [0.25, 0.3) is 0 Å². The minimum Gasteiger partial charge on any atom is -0.497 e. The van der Waals surface area contributed by atoms with Crippen LogP contribution in [0.2, 0.25) is 5.02 Å². The van der Waals surface area contributed by atoms with Crippen molar-refractivity contribution in [1.82, 2.24) is 9.21 Å². The van der Waals surface area contributed by atoms with Gasteiger partial charge in [0.25, 0.3) is 0 Å². The van der Waals surface area contributed by atoms with Crippen molar-refractivity contribution in [3.63, 3.8) is 0 Å². The van der Waals surface area contributed by atoms with Gasteiger partial charge in [0.05, 0.1) is 26.9 Å². The van der Waals surface area contributed by atoms with E-state index in [4.69, 9.17) is 25.8 Å². The predicted molar refractivity (Wildman–Crippen MR) is 145 cm³/mol. The Balaban J connectivity index is 1.46. The average molecular weight is 545 g/mol. The minimum absolute atomic E-state index is 0.211. The maximum atomic E-state index is 13.4. The topological polar surface area (TPSA) is 68.3 Å². The number of aryl methyl sites for hydroxylation is 1. The van der Waals surface area contributed by atoms with Crippen LogP contribution in [-0.4, -0.2) is 64.6 Å². The molecule has 1 saturated heterocycles. The Morgan fingerprint density at radius 3 is 2.38 bits per heavy atom. The van der Waals surface area contributed by atoms with Crippen LogP contribution in [0.15, 0.2) is 71.6 Å². The van der Waals surface area contributed by atoms with Crippen molar-refractivity contribution < 1.29 is 22.6 Å². The third kappa shape index (κ3) is 6.83. The van der Waals surface area contributed by atoms with Gasteiger partial charge in [0.1, 0.15) is 16.4 Å². The second-order valence-corrected chi connectivity index (χ2v) is 11.4. The van der Waals surface area contributed by atoms with Gasteiger partial charge in [0, 0.05) is 37.7 Å². The summed E-state index contributed by atoms with van der Waals surface area (Å²) in [4.78, 5) is 2.45. The molecule has 1 atom stereocenters. The molecule has 1 aliphatic rings. The number of methoxy groups -OCH3 is 2. The predicted octanol–water partition coefficient (Wildman–Crippen LogP) is 4.93. The van der Waals surface area contributed by atoms with E-state index < -0.39 is 10.0 Å². The first-order valence-electron chi connectivity index (χ1n) is 12.2. The number of sulfonamides is 1. The van der Waals surface area contributed by atoms with Gasteiger partial charge in [-0.3, -0.25) is 4.90 Å². The van der Waals surface area contributed by atoms with Gasteiger partial charge in [-0.1, -0.05) is 41.9 Å². The Hall–Kier alpha value is -2.62. The molecule has 0 N–H and O–H groups in total. The van der Waals surface area contributed by atoms with Crippen LogP contribution in [0, 0.1) is 6.92 Å². The van der Waals surface area contributed by atoms with E-state index >= 15 is 0 Å². The molecule has 0 unspecified atom stereocenters. The lowest BCUT2D eigenvalue weighted by Crippen LogP contribution is -2.49. The molecule has 9 heteroatoms. The Labute approximate surface area is 224 Å². The Bertz CT molecular complexity index is 1310. The highest BCUT2D eigenvalue weighted by molar-refractivity contribution is 7.89. The number of nitrogens with zero attached hydrogens (tertiary/aromatic N) is 2. The van der Waals surface area contributed by atoms with E-state index in [1.807, 2.05) is 61.5 Å². The largest absolute Gasteiger partial charge is 0.497 e. The molecule has 1 fully saturated rings. The summed E-state index contributed by atoms with van der Waals surface area (Å²) in [6.07, 6.45) is -0.228. The number of hydrogen-bond acceptors (Lipinski definition) is 6. The van der Waals surface area contributed by atoms with Crippen LogP contribution in [0.4, 0.5) is 0 Å². The van der Waals surface area contributed by atoms with Crippen LogP contribution >= 0.6 is 11.6 Å². The molecule has 0 aliphatic carbocycles. The number of ether oxygens (including phenoxy) is 3. The zero-order chi connectivity index (χ0) is 26.4. The standard InChI is InChI=1S/C28H33ClN2O5S/c1-21-10-11-26(35-3)28(16-21)37(32,33)31-14-12-30(13-15-31)19-27(23-7-5-9-25(18-23)34-2)36-20-22-6-4-8-24(29)17-22/h4-11,16-18,27H,12-15,19-20H2,1-3H3/t27-/m0/s1. The van der Waals surface area contributed by atoms with Crippen LogP contribution in [0.1, 0.15) is 22.8 Å². The molecule has 7 nitrogen and oxygen atoms in total. The van der Waals surface area contributed by atoms with Crippen molar-refractivity contribution in [2.24, 2.45) is 0 Å². The molecule has 0 bridgehead atoms. The van der Waals surface area contributed by atoms with E-state index in [-0.39, 0.29) is 11.0 Å². The van der Waals surface area contributed by atoms with Gasteiger partial charge < -0.3 is 14.2 Å². The monoisotopic (exact) mass is 544 g/mol. The number of rotatable bonds is 10. The zero-order valence-electron chi connectivity index (χ0n) is 21.4. The van der Waals surface area contributed by atoms with Gasteiger partial charge in [0.15, 0.2) is 0 Å². The zero-order valence-corrected chi connectivity index (χ0v) is 23.0. The van der Waals surface area contributed by atoms with Gasteiger partial charge in [-0.15, -0.1) is 0 Å². The summed E-state index contributed by atoms with van der Waals surface area (Å²) in [6, 6.07) is 20.7. The molecule has 37 heavy (non-hydrogen) atoms. The molecule has 198 valence electrons. The minimum atomic E-state index is -3.67. The lowest BCUT2D eigenvalue weighted by Gasteiger charge is -2.36. The lowest BCUT2D eigenvalue weighted by atomic mass is 10.1. The first-order valence-corrected chi connectivity index (χ1v) is 14.0. The van der Waals surface area contributed by atoms with Crippen molar-refractivity contribution in [2.45, 2.75) is 24.5 Å². The van der Waals surface area contributed by atoms with E-state index in [9.17, 15) is 8.42 Å². The third-order valence-electron chi connectivity index (χ3n) is 6.50. The highest BCUT2D eigenvalue weighted by Gasteiger charge is 2.32. The van der Waals surface area contributed by atoms with Gasteiger partial charge in [-0.05, 0) is 60.0 Å². The normalized spacial score (nSPS) is 15.9. The summed E-state index contributed by atoms with van der Waals surface area (Å²) >= 11 is 6.15. The molecule has 1 aliphatic heterocycles. The molecule has 1 heterocycles. The Kier molecular flexibility index (Phi) is 9.10. The van der Waals surface area contributed by atoms with Crippen molar-refractivity contribution in [1.29, 1.82) is 0 Å². The Morgan fingerprint density at radius 1 is 0.919 bits per heavy atom. The fourth-order valence-electron chi connectivity index (χ4n) is 4.43. The quantitative estimate of drug-likeness (QED) is 0.360. The summed E-state index contributed by atoms with van der Waals surface area (Å²) in [6.45, 7) is 4.86. The Morgan fingerprint density at radius 2 is 1.68 bits per heavy atom. The summed E-state index contributed by atoms with van der Waals surface area (Å²) in [5, 5.41) is 0.668. The van der Waals surface area contributed by atoms with E-state index in [2.05, 4.69) is 4.90 Å². The molecule has 4 rings (SSSR count). The highest BCUT2D eigenvalue weighted by Crippen LogP contribution is 2.29. The molecule has 0 amide bonds. The van der Waals surface area contributed by atoms with Crippen molar-refractivity contribution in [3.8, 4) is 11.5 Å². The van der Waals surface area contributed by atoms with Crippen molar-refractivity contribution in [2.75, 3.05) is 46.9 Å². The summed E-state index contributed by atoms with van der Waals surface area (Å²) in [5.74, 6) is 1.12. The first kappa shape index (κ1) is 27.4. The molecule has 0 spiro atoms. The molecular weight excluding hydrogens is 512 g/mol. The number of halogens is 1. The number of piperazine rings is 1. The molecule has 3 aromatic carbocycles. The second-order valence-electron chi connectivity index (χ2n) is 9.07. The van der Waals surface area contributed by atoms with Gasteiger partial charge >= 0.3 is 0 Å². The van der Waals surface area contributed by atoms with E-state index in [1.54, 1.807) is 19.2 Å². The van der Waals surface area contributed by atoms with E-state index in [1.165, 1.54) is 11.4 Å². The van der Waals surface area contributed by atoms with E-state index in [0.717, 1.165) is 22.4 Å². The lowest BCUT2D eigenvalue weighted by molar-refractivity contribution is 0.00762. The van der Waals surface area contributed by atoms with Gasteiger partial charge in [0.2, 0.25) is 10.0 Å². The summed E-state index contributed by atoms with van der Waals surface area (Å²) in [5.41, 5.74) is 2.86. The molecular formula is C28H33ClN2O5S. The fraction of sp³-hybridized carbons (Fsp3) is 0.357. The smallest absolute Gasteiger partial charge is 0.246 e. The first-order chi connectivity index (χ1) is 17.8. The van der Waals surface area contributed by atoms with Gasteiger partial charge in [-0.25, -0.2) is 8.42 Å². The van der Waals surface area contributed by atoms with Crippen LogP contribution < -0.4 is 9.47 Å². The second kappa shape index (κ2) is 12.3. The summed E-state index contributed by atoms with van der Waals surface area (Å²) < 4.78 is 45.5. The molecule has 0 saturated carbocycles. The highest BCUT2D eigenvalue weighted by atomic mass is 35.5. The molecule has 3 aromatic rings. The van der Waals surface area contributed by atoms with Crippen LogP contribution in [-0.2, 0) is 21.4 Å². The molecule has 0 aromatic heterocycles. The van der Waals surface area contributed by atoms with E-state index in [0.29, 0.717) is 50.1 Å². The molecule has 0 radical (unpaired) electrons. The van der Waals surface area contributed by atoms with Crippen LogP contribution in [0.5, 0.6) is 11.5 Å². The van der Waals surface area contributed by atoms with Crippen molar-refractivity contribution in [3.05, 3.63) is 88.4 Å². The average Bonchev–Trinajstić information content (AvgIpc) is 2.91. The SMILES string of the molecule is COc1cccc([C@H](CN2CCN(S(=O)(=O)c3cc(C)ccc3OC)CC2)OCc2cccc(Cl)c2)c1. The van der Waals surface area contributed by atoms with Gasteiger partial charge in [-0.2, -0.15) is 4.31 Å². The number of benzene rings is 3. The van der Waals surface area contributed by atoms with Crippen LogP contribution in [0.3, 0.4) is 0 Å². The maximum Gasteiger partial charge on any atom is 0.246 e. The third-order valence-corrected chi connectivity index (χ3v) is 8.65. The van der Waals surface area contributed by atoms with Crippen molar-refractivity contribution >= 4 is 21.6 Å². The fourth-order valence-corrected chi connectivity index (χ4v) is 6.31. The maximum absolute atomic E-state index is 13.4. The summed E-state index contributed by atoms with van der Waals surface area (Å²) in [7, 11) is -0.537.